The molecule has 1 atom stereocenters. The van der Waals surface area contributed by atoms with E-state index in [0.717, 1.165) is 32.1 Å². The van der Waals surface area contributed by atoms with Gasteiger partial charge in [0.25, 0.3) is 0 Å². The standard InChI is InChI=1S/C26H25Cl2FN4O2S/c1-15-22(24(34)35-18-8-3-2-4-9-18)23(19-12-11-17(27)13-20(19)28)33-25(30-15)31-26(32-33)36-14-16-7-5-6-10-21(16)29/h5-7,10-13,18,23H,2-4,8-9,14H2,1H3,(H,30,31,32). The second-order valence-corrected chi connectivity index (χ2v) is 10.7. The van der Waals surface area contributed by atoms with Gasteiger partial charge in [0, 0.05) is 27.1 Å². The molecule has 0 amide bonds. The minimum absolute atomic E-state index is 0.100. The lowest BCUT2D eigenvalue weighted by molar-refractivity contribution is -0.146. The molecule has 2 heterocycles. The first kappa shape index (κ1) is 25.1. The lowest BCUT2D eigenvalue weighted by atomic mass is 9.95. The number of nitrogens with one attached hydrogen (secondary N) is 1. The molecule has 3 aromatic rings. The number of halogens is 3. The van der Waals surface area contributed by atoms with E-state index in [1.54, 1.807) is 41.1 Å². The van der Waals surface area contributed by atoms with Crippen LogP contribution in [0.4, 0.5) is 10.3 Å². The Bertz CT molecular complexity index is 1320. The summed E-state index contributed by atoms with van der Waals surface area (Å²) in [5.41, 5.74) is 2.27. The molecule has 1 unspecified atom stereocenters. The van der Waals surface area contributed by atoms with E-state index in [-0.39, 0.29) is 11.9 Å². The second-order valence-electron chi connectivity index (χ2n) is 8.94. The Morgan fingerprint density at radius 1 is 1.19 bits per heavy atom. The maximum atomic E-state index is 14.1. The highest BCUT2D eigenvalue weighted by Gasteiger charge is 2.37. The number of thioether (sulfide) groups is 1. The van der Waals surface area contributed by atoms with E-state index < -0.39 is 12.0 Å². The monoisotopic (exact) mass is 546 g/mol. The SMILES string of the molecule is CC1=C(C(=O)OC2CCCCC2)C(c2ccc(Cl)cc2Cl)n2nc(SCc3ccccc3F)nc2N1. The summed E-state index contributed by atoms with van der Waals surface area (Å²) in [5.74, 6) is 0.160. The number of carbonyl (C=O) groups is 1. The van der Waals surface area contributed by atoms with Crippen molar-refractivity contribution in [3.05, 3.63) is 80.7 Å². The van der Waals surface area contributed by atoms with Gasteiger partial charge in [-0.3, -0.25) is 0 Å². The number of fused-ring (bicyclic) bond motifs is 1. The lowest BCUT2D eigenvalue weighted by Gasteiger charge is -2.30. The van der Waals surface area contributed by atoms with Crippen molar-refractivity contribution >= 4 is 46.9 Å². The van der Waals surface area contributed by atoms with Gasteiger partial charge in [0.15, 0.2) is 0 Å². The van der Waals surface area contributed by atoms with E-state index in [0.29, 0.717) is 49.3 Å². The van der Waals surface area contributed by atoms with Crippen molar-refractivity contribution in [3.63, 3.8) is 0 Å². The largest absolute Gasteiger partial charge is 0.459 e. The molecule has 0 bridgehead atoms. The van der Waals surface area contributed by atoms with Gasteiger partial charge in [-0.1, -0.05) is 65.7 Å². The summed E-state index contributed by atoms with van der Waals surface area (Å²) < 4.78 is 21.7. The van der Waals surface area contributed by atoms with E-state index in [1.807, 2.05) is 6.92 Å². The van der Waals surface area contributed by atoms with Crippen molar-refractivity contribution in [1.82, 2.24) is 14.8 Å². The predicted molar refractivity (Wildman–Crippen MR) is 140 cm³/mol. The molecule has 0 saturated heterocycles. The van der Waals surface area contributed by atoms with Crippen LogP contribution in [-0.4, -0.2) is 26.8 Å². The normalized spacial score (nSPS) is 18.1. The Morgan fingerprint density at radius 2 is 1.97 bits per heavy atom. The maximum absolute atomic E-state index is 14.1. The summed E-state index contributed by atoms with van der Waals surface area (Å²) in [7, 11) is 0. The molecule has 6 nitrogen and oxygen atoms in total. The lowest BCUT2D eigenvalue weighted by Crippen LogP contribution is -2.32. The Balaban J connectivity index is 1.49. The van der Waals surface area contributed by atoms with Crippen molar-refractivity contribution in [2.24, 2.45) is 0 Å². The molecule has 5 rings (SSSR count). The zero-order valence-corrected chi connectivity index (χ0v) is 22.0. The third-order valence-corrected chi connectivity index (χ3v) is 7.90. The summed E-state index contributed by atoms with van der Waals surface area (Å²) >= 11 is 14.1. The molecule has 1 aromatic heterocycles. The molecule has 2 aromatic carbocycles. The fourth-order valence-electron chi connectivity index (χ4n) is 4.62. The number of benzene rings is 2. The number of anilines is 1. The molecule has 0 spiro atoms. The van der Waals surface area contributed by atoms with Crippen molar-refractivity contribution in [2.45, 2.75) is 62.1 Å². The van der Waals surface area contributed by atoms with Gasteiger partial charge in [-0.25, -0.2) is 13.9 Å². The number of hydrogen-bond donors (Lipinski definition) is 1. The van der Waals surface area contributed by atoms with Crippen LogP contribution in [0.5, 0.6) is 0 Å². The highest BCUT2D eigenvalue weighted by atomic mass is 35.5. The van der Waals surface area contributed by atoms with Crippen molar-refractivity contribution in [2.75, 3.05) is 5.32 Å². The Hall–Kier alpha value is -2.55. The molecule has 1 aliphatic heterocycles. The summed E-state index contributed by atoms with van der Waals surface area (Å²) in [6, 6.07) is 11.1. The van der Waals surface area contributed by atoms with Crippen LogP contribution in [0.15, 0.2) is 58.9 Å². The smallest absolute Gasteiger partial charge is 0.338 e. The Morgan fingerprint density at radius 3 is 2.72 bits per heavy atom. The molecule has 2 aliphatic rings. The first-order valence-corrected chi connectivity index (χ1v) is 13.6. The van der Waals surface area contributed by atoms with Crippen LogP contribution in [0.2, 0.25) is 10.0 Å². The van der Waals surface area contributed by atoms with E-state index in [9.17, 15) is 9.18 Å². The molecule has 1 N–H and O–H groups in total. The number of esters is 1. The van der Waals surface area contributed by atoms with E-state index >= 15 is 0 Å². The third kappa shape index (κ3) is 5.26. The van der Waals surface area contributed by atoms with Gasteiger partial charge in [-0.2, -0.15) is 4.98 Å². The van der Waals surface area contributed by atoms with Crippen molar-refractivity contribution < 1.29 is 13.9 Å². The molecule has 1 saturated carbocycles. The first-order valence-electron chi connectivity index (χ1n) is 11.9. The average Bonchev–Trinajstić information content (AvgIpc) is 3.26. The molecule has 36 heavy (non-hydrogen) atoms. The minimum atomic E-state index is -0.655. The van der Waals surface area contributed by atoms with E-state index in [2.05, 4.69) is 15.4 Å². The maximum Gasteiger partial charge on any atom is 0.338 e. The van der Waals surface area contributed by atoms with Crippen LogP contribution >= 0.6 is 35.0 Å². The Labute approximate surface area is 223 Å². The third-order valence-electron chi connectivity index (χ3n) is 6.45. The van der Waals surface area contributed by atoms with E-state index in [4.69, 9.17) is 27.9 Å². The number of ether oxygens (including phenoxy) is 1. The van der Waals surface area contributed by atoms with Crippen LogP contribution in [0.1, 0.15) is 56.2 Å². The molecular weight excluding hydrogens is 522 g/mol. The molecule has 188 valence electrons. The summed E-state index contributed by atoms with van der Waals surface area (Å²) in [6.07, 6.45) is 4.90. The summed E-state index contributed by atoms with van der Waals surface area (Å²) in [4.78, 5) is 18.1. The van der Waals surface area contributed by atoms with Gasteiger partial charge in [0.05, 0.1) is 5.57 Å². The van der Waals surface area contributed by atoms with Gasteiger partial charge in [-0.05, 0) is 56.4 Å². The van der Waals surface area contributed by atoms with Crippen LogP contribution in [0.3, 0.4) is 0 Å². The number of aromatic nitrogens is 3. The number of nitrogens with zero attached hydrogens (tertiary/aromatic N) is 3. The predicted octanol–water partition coefficient (Wildman–Crippen LogP) is 7.18. The molecular formula is C26H25Cl2FN4O2S. The highest BCUT2D eigenvalue weighted by Crippen LogP contribution is 2.40. The van der Waals surface area contributed by atoms with Crippen LogP contribution in [0, 0.1) is 5.82 Å². The zero-order valence-electron chi connectivity index (χ0n) is 19.6. The highest BCUT2D eigenvalue weighted by molar-refractivity contribution is 7.98. The van der Waals surface area contributed by atoms with Crippen molar-refractivity contribution in [1.29, 1.82) is 0 Å². The molecule has 1 aliphatic carbocycles. The number of hydrogen-bond acceptors (Lipinski definition) is 6. The van der Waals surface area contributed by atoms with Crippen molar-refractivity contribution in [3.8, 4) is 0 Å². The van der Waals surface area contributed by atoms with Gasteiger partial charge >= 0.3 is 5.97 Å². The molecule has 10 heteroatoms. The molecule has 0 radical (unpaired) electrons. The second kappa shape index (κ2) is 10.8. The number of rotatable bonds is 6. The summed E-state index contributed by atoms with van der Waals surface area (Å²) in [5, 5.41) is 9.23. The van der Waals surface area contributed by atoms with Crippen LogP contribution < -0.4 is 5.32 Å². The van der Waals surface area contributed by atoms with Crippen LogP contribution in [0.25, 0.3) is 0 Å². The Kier molecular flexibility index (Phi) is 7.55. The minimum Gasteiger partial charge on any atom is -0.459 e. The fraction of sp³-hybridized carbons (Fsp3) is 0.346. The van der Waals surface area contributed by atoms with Gasteiger partial charge in [0.2, 0.25) is 11.1 Å². The zero-order chi connectivity index (χ0) is 25.2. The van der Waals surface area contributed by atoms with E-state index in [1.165, 1.54) is 17.8 Å². The average molecular weight is 547 g/mol. The summed E-state index contributed by atoms with van der Waals surface area (Å²) in [6.45, 7) is 1.82. The number of carbonyl (C=O) groups excluding carboxylic acids is 1. The fourth-order valence-corrected chi connectivity index (χ4v) is 5.95. The van der Waals surface area contributed by atoms with Crippen LogP contribution in [-0.2, 0) is 15.3 Å². The van der Waals surface area contributed by atoms with Gasteiger partial charge < -0.3 is 10.1 Å². The quantitative estimate of drug-likeness (QED) is 0.261. The number of allylic oxidation sites excluding steroid dienone is 1. The first-order chi connectivity index (χ1) is 17.4. The molecule has 1 fully saturated rings. The van der Waals surface area contributed by atoms with Gasteiger partial charge in [0.1, 0.15) is 18.0 Å². The van der Waals surface area contributed by atoms with Gasteiger partial charge in [-0.15, -0.1) is 5.10 Å². The topological polar surface area (TPSA) is 69.0 Å².